The minimum absolute atomic E-state index is 0.0715. The molecule has 0 radical (unpaired) electrons. The number of piperidine rings is 1. The van der Waals surface area contributed by atoms with Gasteiger partial charge in [-0.2, -0.15) is 0 Å². The van der Waals surface area contributed by atoms with E-state index in [1.54, 1.807) is 24.3 Å². The lowest BCUT2D eigenvalue weighted by molar-refractivity contribution is -0.858. The molecule has 0 saturated carbocycles. The standard InChI is InChI=1S/C34H58NO7P/c1-4-5-6-7-8-9-10-11-12-13-14-15-16-22-27-39-29-33(42-34(36)31-23-18-17-19-24-31)30-41-43(37,38)40-28-32-25-20-21-26-35(32,2)3/h17-19,23-24,28,33H,4-16,20-22,25-27,29-30H2,1-3H3/p+1. The van der Waals surface area contributed by atoms with Crippen molar-refractivity contribution in [3.63, 3.8) is 0 Å². The Bertz CT molecular complexity index is 953. The maximum atomic E-state index is 12.6. The van der Waals surface area contributed by atoms with E-state index in [4.69, 9.17) is 18.5 Å². The van der Waals surface area contributed by atoms with Crippen molar-refractivity contribution >= 4 is 13.8 Å². The van der Waals surface area contributed by atoms with Gasteiger partial charge in [0, 0.05) is 13.0 Å². The normalized spacial score (nSPS) is 17.8. The van der Waals surface area contributed by atoms with Crippen molar-refractivity contribution in [2.24, 2.45) is 0 Å². The van der Waals surface area contributed by atoms with Crippen molar-refractivity contribution in [2.75, 3.05) is 40.5 Å². The smallest absolute Gasteiger partial charge is 0.454 e. The van der Waals surface area contributed by atoms with E-state index in [9.17, 15) is 14.3 Å². The van der Waals surface area contributed by atoms with Crippen LogP contribution in [0.2, 0.25) is 0 Å². The molecule has 1 aliphatic rings. The van der Waals surface area contributed by atoms with Crippen LogP contribution in [0.15, 0.2) is 42.3 Å². The Hall–Kier alpha value is -1.70. The van der Waals surface area contributed by atoms with Crippen LogP contribution < -0.4 is 0 Å². The number of nitrogens with zero attached hydrogens (tertiary/aromatic N) is 1. The highest BCUT2D eigenvalue weighted by atomic mass is 31.2. The first kappa shape index (κ1) is 37.5. The highest BCUT2D eigenvalue weighted by Gasteiger charge is 2.30. The maximum Gasteiger partial charge on any atom is 0.527 e. The predicted octanol–water partition coefficient (Wildman–Crippen LogP) is 8.95. The third kappa shape index (κ3) is 17.4. The summed E-state index contributed by atoms with van der Waals surface area (Å²) in [5, 5.41) is 0. The second kappa shape index (κ2) is 21.9. The number of allylic oxidation sites excluding steroid dienone is 1. The van der Waals surface area contributed by atoms with Crippen molar-refractivity contribution in [2.45, 2.75) is 122 Å². The molecule has 0 bridgehead atoms. The molecule has 246 valence electrons. The Labute approximate surface area is 261 Å². The molecule has 1 heterocycles. The summed E-state index contributed by atoms with van der Waals surface area (Å²) in [6, 6.07) is 8.64. The molecule has 1 aromatic carbocycles. The Kier molecular flexibility index (Phi) is 19.1. The highest BCUT2D eigenvalue weighted by molar-refractivity contribution is 7.47. The van der Waals surface area contributed by atoms with Crippen LogP contribution in [0.25, 0.3) is 0 Å². The monoisotopic (exact) mass is 624 g/mol. The van der Waals surface area contributed by atoms with Gasteiger partial charge < -0.3 is 14.0 Å². The highest BCUT2D eigenvalue weighted by Crippen LogP contribution is 2.44. The van der Waals surface area contributed by atoms with Gasteiger partial charge in [-0.15, -0.1) is 0 Å². The topological polar surface area (TPSA) is 91.3 Å². The molecule has 1 fully saturated rings. The number of rotatable bonds is 24. The van der Waals surface area contributed by atoms with Gasteiger partial charge in [-0.25, -0.2) is 9.36 Å². The Balaban J connectivity index is 1.67. The van der Waals surface area contributed by atoms with Crippen LogP contribution in [0.4, 0.5) is 0 Å². The van der Waals surface area contributed by atoms with Gasteiger partial charge in [-0.3, -0.25) is 13.9 Å². The van der Waals surface area contributed by atoms with E-state index in [-0.39, 0.29) is 13.2 Å². The number of phosphoric ester groups is 1. The van der Waals surface area contributed by atoms with Crippen LogP contribution in [0.5, 0.6) is 0 Å². The van der Waals surface area contributed by atoms with Crippen LogP contribution in [0.1, 0.15) is 126 Å². The predicted molar refractivity (Wildman–Crippen MR) is 173 cm³/mol. The van der Waals surface area contributed by atoms with Gasteiger partial charge in [-0.05, 0) is 31.4 Å². The maximum absolute atomic E-state index is 12.6. The molecule has 2 rings (SSSR count). The number of unbranched alkanes of at least 4 members (excludes halogenated alkanes) is 13. The molecular weight excluding hydrogens is 565 g/mol. The van der Waals surface area contributed by atoms with E-state index in [1.165, 1.54) is 83.3 Å². The zero-order valence-electron chi connectivity index (χ0n) is 27.2. The molecule has 0 spiro atoms. The number of carbonyl (C=O) groups is 1. The number of quaternary nitrogens is 1. The molecule has 0 aromatic heterocycles. The van der Waals surface area contributed by atoms with Crippen LogP contribution in [-0.2, 0) is 23.1 Å². The largest absolute Gasteiger partial charge is 0.527 e. The lowest BCUT2D eigenvalue weighted by Crippen LogP contribution is -2.41. The molecule has 2 atom stereocenters. The molecule has 8 nitrogen and oxygen atoms in total. The fraction of sp³-hybridized carbons (Fsp3) is 0.735. The summed E-state index contributed by atoms with van der Waals surface area (Å²) >= 11 is 0. The molecule has 43 heavy (non-hydrogen) atoms. The van der Waals surface area contributed by atoms with E-state index in [0.717, 1.165) is 44.3 Å². The second-order valence-electron chi connectivity index (χ2n) is 12.4. The van der Waals surface area contributed by atoms with E-state index < -0.39 is 19.9 Å². The van der Waals surface area contributed by atoms with Crippen molar-refractivity contribution in [3.05, 3.63) is 47.9 Å². The Morgan fingerprint density at radius 2 is 1.47 bits per heavy atom. The van der Waals surface area contributed by atoms with Gasteiger partial charge in [0.25, 0.3) is 0 Å². The van der Waals surface area contributed by atoms with Crippen LogP contribution in [0.3, 0.4) is 0 Å². The SMILES string of the molecule is CCCCCCCCCCCCCCCCOCC(COP(=O)(O)OC=C1CCCC[N+]1(C)C)OC(=O)c1ccccc1. The van der Waals surface area contributed by atoms with Crippen LogP contribution in [0, 0.1) is 0 Å². The van der Waals surface area contributed by atoms with Gasteiger partial charge in [0.1, 0.15) is 11.8 Å². The quantitative estimate of drug-likeness (QED) is 0.0404. The average Bonchev–Trinajstić information content (AvgIpc) is 2.99. The van der Waals surface area contributed by atoms with Crippen molar-refractivity contribution in [1.82, 2.24) is 0 Å². The first-order valence-corrected chi connectivity index (χ1v) is 18.2. The van der Waals surface area contributed by atoms with Gasteiger partial charge in [0.05, 0.1) is 39.4 Å². The summed E-state index contributed by atoms with van der Waals surface area (Å²) in [7, 11) is -0.299. The Morgan fingerprint density at radius 3 is 2.05 bits per heavy atom. The molecule has 2 unspecified atom stereocenters. The van der Waals surface area contributed by atoms with E-state index in [2.05, 4.69) is 6.92 Å². The van der Waals surface area contributed by atoms with Crippen LogP contribution in [-0.4, -0.2) is 61.9 Å². The van der Waals surface area contributed by atoms with Crippen molar-refractivity contribution in [1.29, 1.82) is 0 Å². The fourth-order valence-corrected chi connectivity index (χ4v) is 5.99. The molecular formula is C34H59NO7P+. The minimum atomic E-state index is -4.39. The lowest BCUT2D eigenvalue weighted by Gasteiger charge is -2.35. The zero-order chi connectivity index (χ0) is 31.2. The zero-order valence-corrected chi connectivity index (χ0v) is 28.1. The summed E-state index contributed by atoms with van der Waals surface area (Å²) in [6.45, 7) is 3.50. The molecule has 1 N–H and O–H groups in total. The summed E-state index contributed by atoms with van der Waals surface area (Å²) < 4.78 is 35.1. The molecule has 1 aromatic rings. The van der Waals surface area contributed by atoms with E-state index >= 15 is 0 Å². The first-order chi connectivity index (χ1) is 20.7. The molecule has 0 aliphatic carbocycles. The summed E-state index contributed by atoms with van der Waals surface area (Å²) in [5.74, 6) is -0.536. The second-order valence-corrected chi connectivity index (χ2v) is 13.8. The summed E-state index contributed by atoms with van der Waals surface area (Å²) in [5.41, 5.74) is 1.33. The lowest BCUT2D eigenvalue weighted by atomic mass is 10.0. The number of hydrogen-bond donors (Lipinski definition) is 1. The van der Waals surface area contributed by atoms with Gasteiger partial charge in [0.15, 0.2) is 6.26 Å². The summed E-state index contributed by atoms with van der Waals surface area (Å²) in [6.07, 6.45) is 21.5. The third-order valence-electron chi connectivity index (χ3n) is 8.15. The average molecular weight is 625 g/mol. The Morgan fingerprint density at radius 1 is 0.884 bits per heavy atom. The molecule has 9 heteroatoms. The number of benzene rings is 1. The molecule has 0 amide bonds. The minimum Gasteiger partial charge on any atom is -0.454 e. The number of ether oxygens (including phenoxy) is 2. The van der Waals surface area contributed by atoms with Crippen molar-refractivity contribution in [3.8, 4) is 0 Å². The van der Waals surface area contributed by atoms with E-state index in [0.29, 0.717) is 16.7 Å². The number of likely N-dealkylation sites (tertiary alicyclic amines) is 1. The van der Waals surface area contributed by atoms with Crippen molar-refractivity contribution < 1.29 is 37.3 Å². The van der Waals surface area contributed by atoms with Crippen LogP contribution >= 0.6 is 7.82 Å². The van der Waals surface area contributed by atoms with E-state index in [1.807, 2.05) is 20.2 Å². The molecule has 1 aliphatic heterocycles. The first-order valence-electron chi connectivity index (χ1n) is 16.8. The number of phosphoric acid groups is 1. The van der Waals surface area contributed by atoms with Gasteiger partial charge in [0.2, 0.25) is 0 Å². The molecule has 1 saturated heterocycles. The van der Waals surface area contributed by atoms with Gasteiger partial charge in [-0.1, -0.05) is 109 Å². The summed E-state index contributed by atoms with van der Waals surface area (Å²) in [4.78, 5) is 23.0. The fourth-order valence-electron chi connectivity index (χ4n) is 5.32. The number of hydrogen-bond acceptors (Lipinski definition) is 6. The third-order valence-corrected chi connectivity index (χ3v) is 9.00. The van der Waals surface area contributed by atoms with Gasteiger partial charge >= 0.3 is 13.8 Å². The number of carbonyl (C=O) groups excluding carboxylic acids is 1. The number of esters is 1.